The van der Waals surface area contributed by atoms with Gasteiger partial charge in [0.2, 0.25) is 0 Å². The standard InChI is InChI=1S/C16H26BrClN2/c1-11(2)8-16(10-19,9-12(3)4)20-13-5-6-14(17)15(18)7-13/h5-7,11-12,20H,8-10,19H2,1-4H3. The summed E-state index contributed by atoms with van der Waals surface area (Å²) >= 11 is 9.60. The Labute approximate surface area is 136 Å². The molecule has 20 heavy (non-hydrogen) atoms. The van der Waals surface area contributed by atoms with Crippen LogP contribution in [0.2, 0.25) is 5.02 Å². The van der Waals surface area contributed by atoms with Gasteiger partial charge in [0.15, 0.2) is 0 Å². The molecule has 0 fully saturated rings. The molecular formula is C16H26BrClN2. The number of hydrogen-bond donors (Lipinski definition) is 2. The number of halogens is 2. The van der Waals surface area contributed by atoms with E-state index >= 15 is 0 Å². The summed E-state index contributed by atoms with van der Waals surface area (Å²) < 4.78 is 0.913. The minimum atomic E-state index is -0.0699. The molecule has 0 atom stereocenters. The number of anilines is 1. The summed E-state index contributed by atoms with van der Waals surface area (Å²) in [5, 5.41) is 4.36. The average Bonchev–Trinajstić information content (AvgIpc) is 2.32. The van der Waals surface area contributed by atoms with E-state index in [0.29, 0.717) is 18.4 Å². The molecule has 0 spiro atoms. The lowest BCUT2D eigenvalue weighted by Crippen LogP contribution is -2.47. The summed E-state index contributed by atoms with van der Waals surface area (Å²) in [5.74, 6) is 1.19. The van der Waals surface area contributed by atoms with Crippen LogP contribution >= 0.6 is 27.5 Å². The summed E-state index contributed by atoms with van der Waals surface area (Å²) in [6, 6.07) is 5.97. The molecule has 0 unspecified atom stereocenters. The maximum absolute atomic E-state index is 6.18. The van der Waals surface area contributed by atoms with Crippen molar-refractivity contribution in [3.63, 3.8) is 0 Å². The van der Waals surface area contributed by atoms with Gasteiger partial charge >= 0.3 is 0 Å². The Hall–Kier alpha value is -0.250. The van der Waals surface area contributed by atoms with E-state index in [9.17, 15) is 0 Å². The summed E-state index contributed by atoms with van der Waals surface area (Å²) in [4.78, 5) is 0. The van der Waals surface area contributed by atoms with Gasteiger partial charge in [0.25, 0.3) is 0 Å². The summed E-state index contributed by atoms with van der Waals surface area (Å²) in [6.45, 7) is 9.57. The molecule has 114 valence electrons. The van der Waals surface area contributed by atoms with Gasteiger partial charge in [-0.2, -0.15) is 0 Å². The van der Waals surface area contributed by atoms with E-state index in [0.717, 1.165) is 28.0 Å². The average molecular weight is 362 g/mol. The molecule has 2 nitrogen and oxygen atoms in total. The maximum Gasteiger partial charge on any atom is 0.0568 e. The van der Waals surface area contributed by atoms with Crippen molar-refractivity contribution in [1.82, 2.24) is 0 Å². The van der Waals surface area contributed by atoms with E-state index < -0.39 is 0 Å². The van der Waals surface area contributed by atoms with Crippen LogP contribution in [0.3, 0.4) is 0 Å². The van der Waals surface area contributed by atoms with E-state index in [4.69, 9.17) is 17.3 Å². The zero-order valence-electron chi connectivity index (χ0n) is 12.8. The minimum Gasteiger partial charge on any atom is -0.378 e. The van der Waals surface area contributed by atoms with Crippen LogP contribution in [0.1, 0.15) is 40.5 Å². The molecule has 3 N–H and O–H groups in total. The van der Waals surface area contributed by atoms with Crippen LogP contribution < -0.4 is 11.1 Å². The lowest BCUT2D eigenvalue weighted by molar-refractivity contribution is 0.317. The monoisotopic (exact) mass is 360 g/mol. The van der Waals surface area contributed by atoms with Gasteiger partial charge in [-0.1, -0.05) is 39.3 Å². The van der Waals surface area contributed by atoms with E-state index in [-0.39, 0.29) is 5.54 Å². The van der Waals surface area contributed by atoms with Crippen LogP contribution in [0.5, 0.6) is 0 Å². The molecule has 4 heteroatoms. The predicted molar refractivity (Wildman–Crippen MR) is 93.5 cm³/mol. The molecule has 1 rings (SSSR count). The van der Waals surface area contributed by atoms with Crippen LogP contribution in [0.4, 0.5) is 5.69 Å². The molecule has 0 aliphatic carbocycles. The van der Waals surface area contributed by atoms with Gasteiger partial charge < -0.3 is 11.1 Å². The highest BCUT2D eigenvalue weighted by molar-refractivity contribution is 9.10. The quantitative estimate of drug-likeness (QED) is 0.691. The Balaban J connectivity index is 3.00. The number of benzene rings is 1. The van der Waals surface area contributed by atoms with Crippen molar-refractivity contribution in [3.05, 3.63) is 27.7 Å². The van der Waals surface area contributed by atoms with Crippen molar-refractivity contribution in [2.75, 3.05) is 11.9 Å². The van der Waals surface area contributed by atoms with Crippen molar-refractivity contribution in [3.8, 4) is 0 Å². The van der Waals surface area contributed by atoms with Crippen LogP contribution in [0, 0.1) is 11.8 Å². The Morgan fingerprint density at radius 2 is 1.75 bits per heavy atom. The van der Waals surface area contributed by atoms with Gasteiger partial charge in [-0.3, -0.25) is 0 Å². The first kappa shape index (κ1) is 17.8. The Kier molecular flexibility index (Phi) is 6.83. The fourth-order valence-corrected chi connectivity index (χ4v) is 3.27. The molecular weight excluding hydrogens is 336 g/mol. The molecule has 0 saturated carbocycles. The molecule has 0 saturated heterocycles. The van der Waals surface area contributed by atoms with Gasteiger partial charge in [0, 0.05) is 16.7 Å². The first-order valence-corrected chi connectivity index (χ1v) is 8.38. The lowest BCUT2D eigenvalue weighted by atomic mass is 9.81. The molecule has 0 amide bonds. The molecule has 0 heterocycles. The van der Waals surface area contributed by atoms with E-state index in [1.54, 1.807) is 0 Å². The summed E-state index contributed by atoms with van der Waals surface area (Å²) in [7, 11) is 0. The van der Waals surface area contributed by atoms with E-state index in [1.165, 1.54) is 0 Å². The Morgan fingerprint density at radius 1 is 1.20 bits per heavy atom. The van der Waals surface area contributed by atoms with Gasteiger partial charge in [0.05, 0.1) is 10.6 Å². The third kappa shape index (κ3) is 5.27. The first-order valence-electron chi connectivity index (χ1n) is 7.21. The van der Waals surface area contributed by atoms with Gasteiger partial charge in [-0.15, -0.1) is 0 Å². The second-order valence-corrected chi connectivity index (χ2v) is 7.70. The molecule has 0 aliphatic rings. The van der Waals surface area contributed by atoms with Gasteiger partial charge in [-0.05, 0) is 58.8 Å². The van der Waals surface area contributed by atoms with Crippen molar-refractivity contribution in [2.45, 2.75) is 46.1 Å². The highest BCUT2D eigenvalue weighted by Gasteiger charge is 2.30. The molecule has 1 aromatic carbocycles. The van der Waals surface area contributed by atoms with Crippen molar-refractivity contribution in [1.29, 1.82) is 0 Å². The number of hydrogen-bond acceptors (Lipinski definition) is 2. The number of nitrogens with one attached hydrogen (secondary N) is 1. The third-order valence-corrected chi connectivity index (χ3v) is 4.55. The highest BCUT2D eigenvalue weighted by Crippen LogP contribution is 2.31. The Bertz CT molecular complexity index is 422. The van der Waals surface area contributed by atoms with Crippen LogP contribution in [-0.4, -0.2) is 12.1 Å². The number of nitrogens with two attached hydrogens (primary N) is 1. The van der Waals surface area contributed by atoms with Crippen LogP contribution in [0.25, 0.3) is 0 Å². The maximum atomic E-state index is 6.18. The zero-order chi connectivity index (χ0) is 15.3. The summed E-state index contributed by atoms with van der Waals surface area (Å²) in [5.41, 5.74) is 7.08. The minimum absolute atomic E-state index is 0.0699. The Morgan fingerprint density at radius 3 is 2.15 bits per heavy atom. The fraction of sp³-hybridized carbons (Fsp3) is 0.625. The molecule has 0 aliphatic heterocycles. The predicted octanol–water partition coefficient (Wildman–Crippen LogP) is 5.30. The van der Waals surface area contributed by atoms with Crippen molar-refractivity contribution < 1.29 is 0 Å². The fourth-order valence-electron chi connectivity index (χ4n) is 2.85. The first-order chi connectivity index (χ1) is 9.28. The number of rotatable bonds is 7. The molecule has 0 bridgehead atoms. The molecule has 0 radical (unpaired) electrons. The molecule has 1 aromatic rings. The largest absolute Gasteiger partial charge is 0.378 e. The second kappa shape index (κ2) is 7.67. The second-order valence-electron chi connectivity index (χ2n) is 6.43. The third-order valence-electron chi connectivity index (χ3n) is 3.32. The SMILES string of the molecule is CC(C)CC(CN)(CC(C)C)Nc1ccc(Br)c(Cl)c1. The highest BCUT2D eigenvalue weighted by atomic mass is 79.9. The normalized spacial score (nSPS) is 12.2. The zero-order valence-corrected chi connectivity index (χ0v) is 15.2. The van der Waals surface area contributed by atoms with Crippen molar-refractivity contribution >= 4 is 33.2 Å². The van der Waals surface area contributed by atoms with E-state index in [1.807, 2.05) is 18.2 Å². The van der Waals surface area contributed by atoms with Gasteiger partial charge in [-0.25, -0.2) is 0 Å². The van der Waals surface area contributed by atoms with Crippen LogP contribution in [0.15, 0.2) is 22.7 Å². The van der Waals surface area contributed by atoms with Gasteiger partial charge in [0.1, 0.15) is 0 Å². The topological polar surface area (TPSA) is 38.0 Å². The van der Waals surface area contributed by atoms with E-state index in [2.05, 4.69) is 48.9 Å². The molecule has 0 aromatic heterocycles. The van der Waals surface area contributed by atoms with Crippen LogP contribution in [-0.2, 0) is 0 Å². The smallest absolute Gasteiger partial charge is 0.0568 e. The van der Waals surface area contributed by atoms with Crippen molar-refractivity contribution in [2.24, 2.45) is 17.6 Å². The summed E-state index contributed by atoms with van der Waals surface area (Å²) in [6.07, 6.45) is 2.10. The lowest BCUT2D eigenvalue weighted by Gasteiger charge is -2.38.